The van der Waals surface area contributed by atoms with E-state index in [1.165, 1.54) is 0 Å². The molecule has 0 N–H and O–H groups in total. The number of hydrogen-bond acceptors (Lipinski definition) is 6. The van der Waals surface area contributed by atoms with Gasteiger partial charge in [-0.15, -0.1) is 0 Å². The number of ether oxygens (including phenoxy) is 2. The summed E-state index contributed by atoms with van der Waals surface area (Å²) in [5.74, 6) is 0.732. The number of benzene rings is 2. The highest BCUT2D eigenvalue weighted by molar-refractivity contribution is 9.10. The minimum Gasteiger partial charge on any atom is -0.492 e. The lowest BCUT2D eigenvalue weighted by Gasteiger charge is -2.27. The van der Waals surface area contributed by atoms with E-state index in [2.05, 4.69) is 54.6 Å². The van der Waals surface area contributed by atoms with Gasteiger partial charge in [0.05, 0.1) is 29.8 Å². The Balaban J connectivity index is 1.42. The SMILES string of the molecule is O=c1c(Cc2cccnc2)cn2c3c(cc(OCCN4CCOCC4)cc13)Sc1ccc(Br)cc1-2. The van der Waals surface area contributed by atoms with Crippen LogP contribution in [0.4, 0.5) is 0 Å². The van der Waals surface area contributed by atoms with E-state index in [1.54, 1.807) is 18.0 Å². The number of aromatic nitrogens is 2. The van der Waals surface area contributed by atoms with Crippen LogP contribution in [0.1, 0.15) is 11.1 Å². The minimum absolute atomic E-state index is 0.0408. The van der Waals surface area contributed by atoms with E-state index in [9.17, 15) is 4.79 Å². The number of nitrogens with zero attached hydrogens (tertiary/aromatic N) is 3. The number of hydrogen-bond donors (Lipinski definition) is 0. The Morgan fingerprint density at radius 3 is 2.83 bits per heavy atom. The number of morpholine rings is 1. The van der Waals surface area contributed by atoms with E-state index < -0.39 is 0 Å². The molecule has 1 saturated heterocycles. The Morgan fingerprint density at radius 1 is 1.11 bits per heavy atom. The fourth-order valence-electron chi connectivity index (χ4n) is 4.66. The number of halogens is 1. The lowest BCUT2D eigenvalue weighted by molar-refractivity contribution is 0.0322. The van der Waals surface area contributed by atoms with Gasteiger partial charge in [-0.2, -0.15) is 0 Å². The van der Waals surface area contributed by atoms with Crippen molar-refractivity contribution in [3.63, 3.8) is 0 Å². The van der Waals surface area contributed by atoms with Gasteiger partial charge in [0.2, 0.25) is 0 Å². The first kappa shape index (κ1) is 22.8. The molecule has 0 amide bonds. The zero-order valence-corrected chi connectivity index (χ0v) is 21.5. The second-order valence-corrected chi connectivity index (χ2v) is 10.7. The molecule has 2 aromatic heterocycles. The molecule has 6 nitrogen and oxygen atoms in total. The third kappa shape index (κ3) is 4.63. The van der Waals surface area contributed by atoms with Crippen molar-refractivity contribution in [1.29, 1.82) is 0 Å². The van der Waals surface area contributed by atoms with Crippen LogP contribution in [0, 0.1) is 0 Å². The number of rotatable bonds is 6. The van der Waals surface area contributed by atoms with Gasteiger partial charge in [0.1, 0.15) is 12.4 Å². The Kier molecular flexibility index (Phi) is 6.37. The molecule has 0 unspecified atom stereocenters. The average molecular weight is 550 g/mol. The van der Waals surface area contributed by atoms with Crippen LogP contribution in [0.15, 0.2) is 80.1 Å². The molecular weight excluding hydrogens is 526 g/mol. The number of pyridine rings is 2. The van der Waals surface area contributed by atoms with Crippen LogP contribution in [0.25, 0.3) is 16.6 Å². The van der Waals surface area contributed by atoms with Crippen molar-refractivity contribution in [3.8, 4) is 11.4 Å². The molecule has 0 saturated carbocycles. The van der Waals surface area contributed by atoms with E-state index in [0.717, 1.165) is 75.2 Å². The quantitative estimate of drug-likeness (QED) is 0.300. The predicted molar refractivity (Wildman–Crippen MR) is 141 cm³/mol. The zero-order valence-electron chi connectivity index (χ0n) is 19.1. The van der Waals surface area contributed by atoms with Gasteiger partial charge >= 0.3 is 0 Å². The van der Waals surface area contributed by atoms with E-state index in [1.807, 2.05) is 30.6 Å². The van der Waals surface area contributed by atoms with Gasteiger partial charge in [-0.1, -0.05) is 33.8 Å². The zero-order chi connectivity index (χ0) is 23.8. The van der Waals surface area contributed by atoms with Crippen LogP contribution >= 0.6 is 27.7 Å². The summed E-state index contributed by atoms with van der Waals surface area (Å²) in [5.41, 5.74) is 3.78. The summed E-state index contributed by atoms with van der Waals surface area (Å²) in [6.07, 6.45) is 6.08. The van der Waals surface area contributed by atoms with Crippen LogP contribution in [0.2, 0.25) is 0 Å². The molecule has 0 spiro atoms. The molecule has 0 atom stereocenters. The van der Waals surface area contributed by atoms with Gasteiger partial charge < -0.3 is 14.0 Å². The molecule has 0 radical (unpaired) electrons. The van der Waals surface area contributed by atoms with Gasteiger partial charge in [-0.3, -0.25) is 14.7 Å². The highest BCUT2D eigenvalue weighted by atomic mass is 79.9. The lowest BCUT2D eigenvalue weighted by atomic mass is 10.0. The fourth-order valence-corrected chi connectivity index (χ4v) is 6.12. The van der Waals surface area contributed by atoms with Crippen LogP contribution in [0.5, 0.6) is 5.75 Å². The van der Waals surface area contributed by atoms with E-state index in [0.29, 0.717) is 18.4 Å². The summed E-state index contributed by atoms with van der Waals surface area (Å²) in [6.45, 7) is 4.81. The van der Waals surface area contributed by atoms with Crippen molar-refractivity contribution in [2.45, 2.75) is 16.2 Å². The minimum atomic E-state index is 0.0408. The normalized spacial score (nSPS) is 15.2. The molecule has 1 fully saturated rings. The molecule has 2 aromatic carbocycles. The van der Waals surface area contributed by atoms with Crippen LogP contribution < -0.4 is 10.2 Å². The van der Waals surface area contributed by atoms with Crippen LogP contribution in [-0.4, -0.2) is 53.9 Å². The predicted octanol–water partition coefficient (Wildman–Crippen LogP) is 4.91. The smallest absolute Gasteiger partial charge is 0.193 e. The van der Waals surface area contributed by atoms with E-state index in [4.69, 9.17) is 9.47 Å². The standard InChI is InChI=1S/C27H24BrN3O3S/c28-20-3-4-24-23(13-20)31-17-19(12-18-2-1-5-29-16-18)27(32)22-14-21(15-25(35-24)26(22)31)34-11-8-30-6-9-33-10-7-30/h1-5,13-17H,6-12H2. The summed E-state index contributed by atoms with van der Waals surface area (Å²) in [6, 6.07) is 14.2. The average Bonchev–Trinajstić information content (AvgIpc) is 2.88. The molecule has 0 bridgehead atoms. The third-order valence-corrected chi connectivity index (χ3v) is 8.00. The van der Waals surface area contributed by atoms with E-state index in [-0.39, 0.29) is 5.43 Å². The van der Waals surface area contributed by atoms with Crippen molar-refractivity contribution in [2.75, 3.05) is 39.5 Å². The van der Waals surface area contributed by atoms with Gasteiger partial charge in [0, 0.05) is 64.5 Å². The molecule has 2 aliphatic rings. The summed E-state index contributed by atoms with van der Waals surface area (Å²) in [7, 11) is 0. The second-order valence-electron chi connectivity index (χ2n) is 8.73. The fraction of sp³-hybridized carbons (Fsp3) is 0.259. The Bertz CT molecular complexity index is 1450. The Hall–Kier alpha value is -2.65. The van der Waals surface area contributed by atoms with Gasteiger partial charge in [0.25, 0.3) is 0 Å². The van der Waals surface area contributed by atoms with Crippen molar-refractivity contribution < 1.29 is 9.47 Å². The summed E-state index contributed by atoms with van der Waals surface area (Å²) >= 11 is 5.29. The van der Waals surface area contributed by atoms with Crippen LogP contribution in [-0.2, 0) is 11.2 Å². The molecule has 178 valence electrons. The molecule has 4 aromatic rings. The first-order valence-electron chi connectivity index (χ1n) is 11.7. The molecular formula is C27H24BrN3O3S. The summed E-state index contributed by atoms with van der Waals surface area (Å²) in [4.78, 5) is 22.4. The van der Waals surface area contributed by atoms with E-state index >= 15 is 0 Å². The first-order chi connectivity index (χ1) is 17.2. The molecule has 4 heterocycles. The maximum absolute atomic E-state index is 13.7. The topological polar surface area (TPSA) is 56.6 Å². The molecule has 6 rings (SSSR count). The van der Waals surface area contributed by atoms with Crippen LogP contribution in [0.3, 0.4) is 0 Å². The van der Waals surface area contributed by atoms with Gasteiger partial charge in [-0.25, -0.2) is 0 Å². The molecule has 2 aliphatic heterocycles. The third-order valence-electron chi connectivity index (χ3n) is 6.41. The molecule has 35 heavy (non-hydrogen) atoms. The summed E-state index contributed by atoms with van der Waals surface area (Å²) < 4.78 is 14.8. The van der Waals surface area contributed by atoms with Gasteiger partial charge in [-0.05, 0) is 42.0 Å². The van der Waals surface area contributed by atoms with Crippen molar-refractivity contribution in [3.05, 3.63) is 86.9 Å². The molecule has 8 heteroatoms. The monoisotopic (exact) mass is 549 g/mol. The second kappa shape index (κ2) is 9.78. The maximum atomic E-state index is 13.7. The van der Waals surface area contributed by atoms with Gasteiger partial charge in [0.15, 0.2) is 5.43 Å². The molecule has 0 aliphatic carbocycles. The Morgan fingerprint density at radius 2 is 2.00 bits per heavy atom. The van der Waals surface area contributed by atoms with Crippen molar-refractivity contribution in [2.24, 2.45) is 0 Å². The summed E-state index contributed by atoms with van der Waals surface area (Å²) in [5, 5.41) is 0.684. The van der Waals surface area contributed by atoms with Crippen molar-refractivity contribution >= 4 is 38.6 Å². The first-order valence-corrected chi connectivity index (χ1v) is 13.3. The maximum Gasteiger partial charge on any atom is 0.193 e. The van der Waals surface area contributed by atoms with Crippen molar-refractivity contribution in [1.82, 2.24) is 14.5 Å². The highest BCUT2D eigenvalue weighted by Gasteiger charge is 2.23. The Labute approximate surface area is 216 Å². The lowest BCUT2D eigenvalue weighted by Crippen LogP contribution is -2.38. The largest absolute Gasteiger partial charge is 0.492 e. The highest BCUT2D eigenvalue weighted by Crippen LogP contribution is 2.44. The number of fused-ring (bicyclic) bond motifs is 2.